The monoisotopic (exact) mass is 243 g/mol. The number of rotatable bonds is 6. The van der Waals surface area contributed by atoms with Gasteiger partial charge < -0.3 is 10.5 Å². The summed E-state index contributed by atoms with van der Waals surface area (Å²) < 4.78 is 5.25. The third-order valence-electron chi connectivity index (χ3n) is 4.29. The molecule has 1 saturated heterocycles. The molecule has 0 bridgehead atoms. The van der Waals surface area contributed by atoms with Crippen LogP contribution in [0.25, 0.3) is 0 Å². The van der Waals surface area contributed by atoms with E-state index >= 15 is 0 Å². The van der Waals surface area contributed by atoms with Crippen molar-refractivity contribution in [3.8, 4) is 0 Å². The predicted molar refractivity (Wildman–Crippen MR) is 72.2 cm³/mol. The summed E-state index contributed by atoms with van der Waals surface area (Å²) >= 11 is 0. The van der Waals surface area contributed by atoms with Crippen molar-refractivity contribution in [1.29, 1.82) is 0 Å². The highest BCUT2D eigenvalue weighted by molar-refractivity contribution is 5.01. The maximum atomic E-state index is 6.06. The molecular weight excluding hydrogens is 214 g/mol. The van der Waals surface area contributed by atoms with Gasteiger partial charge in [0.2, 0.25) is 0 Å². The van der Waals surface area contributed by atoms with E-state index < -0.39 is 0 Å². The van der Waals surface area contributed by atoms with Gasteiger partial charge in [-0.1, -0.05) is 0 Å². The van der Waals surface area contributed by atoms with E-state index in [-0.39, 0.29) is 5.54 Å². The molecule has 4 nitrogen and oxygen atoms in total. The van der Waals surface area contributed by atoms with Crippen LogP contribution in [-0.2, 0) is 4.74 Å². The second kappa shape index (κ2) is 6.14. The first kappa shape index (κ1) is 14.9. The number of hydrogen-bond donors (Lipinski definition) is 1. The molecule has 1 aliphatic heterocycles. The summed E-state index contributed by atoms with van der Waals surface area (Å²) in [6, 6.07) is 1.02. The second-order valence-corrected chi connectivity index (χ2v) is 5.66. The quantitative estimate of drug-likeness (QED) is 0.748. The van der Waals surface area contributed by atoms with Gasteiger partial charge in [0.1, 0.15) is 0 Å². The first-order chi connectivity index (χ1) is 7.96. The molecular formula is C13H29N3O. The molecule has 2 N–H and O–H groups in total. The number of nitrogens with two attached hydrogens (primary N) is 1. The van der Waals surface area contributed by atoms with Crippen molar-refractivity contribution in [3.63, 3.8) is 0 Å². The van der Waals surface area contributed by atoms with Gasteiger partial charge in [0, 0.05) is 44.4 Å². The average molecular weight is 243 g/mol. The van der Waals surface area contributed by atoms with Gasteiger partial charge in [0.15, 0.2) is 0 Å². The van der Waals surface area contributed by atoms with Gasteiger partial charge in [-0.25, -0.2) is 0 Å². The molecule has 0 aliphatic carbocycles. The van der Waals surface area contributed by atoms with Gasteiger partial charge in [0.25, 0.3) is 0 Å². The summed E-state index contributed by atoms with van der Waals surface area (Å²) in [6.07, 6.45) is 1.16. The molecule has 1 rings (SSSR count). The molecule has 4 heteroatoms. The molecule has 0 saturated carbocycles. The highest BCUT2D eigenvalue weighted by atomic mass is 16.5. The highest BCUT2D eigenvalue weighted by Crippen LogP contribution is 2.29. The minimum Gasteiger partial charge on any atom is -0.383 e. The Labute approximate surface area is 106 Å². The van der Waals surface area contributed by atoms with Crippen molar-refractivity contribution in [3.05, 3.63) is 0 Å². The molecule has 102 valence electrons. The Morgan fingerprint density at radius 1 is 1.41 bits per heavy atom. The van der Waals surface area contributed by atoms with Gasteiger partial charge in [-0.3, -0.25) is 9.80 Å². The maximum Gasteiger partial charge on any atom is 0.0615 e. The van der Waals surface area contributed by atoms with E-state index in [1.807, 2.05) is 0 Å². The lowest BCUT2D eigenvalue weighted by atomic mass is 9.95. The molecule has 0 aromatic rings. The van der Waals surface area contributed by atoms with Crippen LogP contribution in [-0.4, -0.2) is 67.8 Å². The van der Waals surface area contributed by atoms with Crippen LogP contribution in [0.15, 0.2) is 0 Å². The largest absolute Gasteiger partial charge is 0.383 e. The Hall–Kier alpha value is -0.160. The molecule has 0 aromatic heterocycles. The van der Waals surface area contributed by atoms with E-state index in [4.69, 9.17) is 10.5 Å². The molecule has 0 spiro atoms. The van der Waals surface area contributed by atoms with Crippen LogP contribution < -0.4 is 5.73 Å². The van der Waals surface area contributed by atoms with Crippen LogP contribution in [0.3, 0.4) is 0 Å². The van der Waals surface area contributed by atoms with Crippen LogP contribution in [0.2, 0.25) is 0 Å². The van der Waals surface area contributed by atoms with Crippen LogP contribution in [0, 0.1) is 0 Å². The Kier molecular flexibility index (Phi) is 5.38. The average Bonchev–Trinajstić information content (AvgIpc) is 2.74. The number of hydrogen-bond acceptors (Lipinski definition) is 4. The zero-order chi connectivity index (χ0) is 13.1. The van der Waals surface area contributed by atoms with E-state index in [1.165, 1.54) is 0 Å². The fourth-order valence-corrected chi connectivity index (χ4v) is 2.75. The van der Waals surface area contributed by atoms with Crippen molar-refractivity contribution in [1.82, 2.24) is 9.80 Å². The van der Waals surface area contributed by atoms with Crippen molar-refractivity contribution >= 4 is 0 Å². The standard InChI is InChI=1S/C13H29N3O/c1-11(2)16-7-6-13(9-14,10-16)15(4)12(3)8-17-5/h11-12H,6-10,14H2,1-5H3. The van der Waals surface area contributed by atoms with Crippen LogP contribution >= 0.6 is 0 Å². The summed E-state index contributed by atoms with van der Waals surface area (Å²) in [5.74, 6) is 0. The number of likely N-dealkylation sites (N-methyl/N-ethyl adjacent to an activating group) is 1. The summed E-state index contributed by atoms with van der Waals surface area (Å²) in [5.41, 5.74) is 6.18. The lowest BCUT2D eigenvalue weighted by molar-refractivity contribution is 0.0403. The molecule has 17 heavy (non-hydrogen) atoms. The predicted octanol–water partition coefficient (Wildman–Crippen LogP) is 0.765. The minimum absolute atomic E-state index is 0.127. The first-order valence-corrected chi connectivity index (χ1v) is 6.63. The van der Waals surface area contributed by atoms with Crippen molar-refractivity contribution in [2.24, 2.45) is 5.73 Å². The first-order valence-electron chi connectivity index (χ1n) is 6.63. The van der Waals surface area contributed by atoms with Gasteiger partial charge in [-0.2, -0.15) is 0 Å². The van der Waals surface area contributed by atoms with Gasteiger partial charge in [-0.15, -0.1) is 0 Å². The van der Waals surface area contributed by atoms with Crippen molar-refractivity contribution in [2.45, 2.75) is 44.8 Å². The Morgan fingerprint density at radius 3 is 2.47 bits per heavy atom. The van der Waals surface area contributed by atoms with Gasteiger partial charge in [-0.05, 0) is 34.2 Å². The second-order valence-electron chi connectivity index (χ2n) is 5.66. The van der Waals surface area contributed by atoms with Crippen LogP contribution in [0.5, 0.6) is 0 Å². The summed E-state index contributed by atoms with van der Waals surface area (Å²) in [7, 11) is 3.94. The molecule has 1 aliphatic rings. The third kappa shape index (κ3) is 3.19. The van der Waals surface area contributed by atoms with Gasteiger partial charge >= 0.3 is 0 Å². The topological polar surface area (TPSA) is 41.7 Å². The SMILES string of the molecule is COCC(C)N(C)C1(CN)CCN(C(C)C)C1. The normalized spacial score (nSPS) is 28.2. The maximum absolute atomic E-state index is 6.06. The molecule has 2 atom stereocenters. The molecule has 0 aromatic carbocycles. The Balaban J connectivity index is 2.70. The summed E-state index contributed by atoms with van der Waals surface area (Å²) in [6.45, 7) is 10.4. The molecule has 2 unspecified atom stereocenters. The van der Waals surface area contributed by atoms with Crippen molar-refractivity contribution < 1.29 is 4.74 Å². The van der Waals surface area contributed by atoms with Crippen LogP contribution in [0.4, 0.5) is 0 Å². The molecule has 0 radical (unpaired) electrons. The van der Waals surface area contributed by atoms with Gasteiger partial charge in [0.05, 0.1) is 6.61 Å². The molecule has 1 heterocycles. The Morgan fingerprint density at radius 2 is 2.06 bits per heavy atom. The molecule has 1 fully saturated rings. The van der Waals surface area contributed by atoms with E-state index in [9.17, 15) is 0 Å². The number of nitrogens with zero attached hydrogens (tertiary/aromatic N) is 2. The zero-order valence-electron chi connectivity index (χ0n) is 12.1. The fourth-order valence-electron chi connectivity index (χ4n) is 2.75. The van der Waals surface area contributed by atoms with Crippen molar-refractivity contribution in [2.75, 3.05) is 40.4 Å². The lowest BCUT2D eigenvalue weighted by Gasteiger charge is -2.42. The van der Waals surface area contributed by atoms with E-state index in [0.29, 0.717) is 12.1 Å². The number of methoxy groups -OCH3 is 1. The van der Waals surface area contributed by atoms with E-state index in [0.717, 1.165) is 32.7 Å². The van der Waals surface area contributed by atoms with E-state index in [1.54, 1.807) is 7.11 Å². The fraction of sp³-hybridized carbons (Fsp3) is 1.00. The number of likely N-dealkylation sites (tertiary alicyclic amines) is 1. The zero-order valence-corrected chi connectivity index (χ0v) is 12.1. The summed E-state index contributed by atoms with van der Waals surface area (Å²) in [5, 5.41) is 0. The molecule has 0 amide bonds. The Bertz CT molecular complexity index is 235. The highest BCUT2D eigenvalue weighted by Gasteiger charge is 2.42. The lowest BCUT2D eigenvalue weighted by Crippen LogP contribution is -2.58. The third-order valence-corrected chi connectivity index (χ3v) is 4.29. The smallest absolute Gasteiger partial charge is 0.0615 e. The number of ether oxygens (including phenoxy) is 1. The van der Waals surface area contributed by atoms with E-state index in [2.05, 4.69) is 37.6 Å². The minimum atomic E-state index is 0.127. The van der Waals surface area contributed by atoms with Crippen LogP contribution in [0.1, 0.15) is 27.2 Å². The summed E-state index contributed by atoms with van der Waals surface area (Å²) in [4.78, 5) is 4.93.